The van der Waals surface area contributed by atoms with Gasteiger partial charge in [-0.2, -0.15) is 0 Å². The fourth-order valence-corrected chi connectivity index (χ4v) is 2.10. The van der Waals surface area contributed by atoms with Crippen LogP contribution in [0.4, 0.5) is 0 Å². The van der Waals surface area contributed by atoms with E-state index in [1.807, 2.05) is 0 Å². The molecule has 0 radical (unpaired) electrons. The summed E-state index contributed by atoms with van der Waals surface area (Å²) < 4.78 is 0. The smallest absolute Gasteiger partial charge is 0.00606 e. The lowest BCUT2D eigenvalue weighted by Gasteiger charge is -2.29. The number of alkyl halides is 1. The molecule has 1 saturated heterocycles. The molecule has 0 atom stereocenters. The monoisotopic (exact) mass is 205 g/mol. The summed E-state index contributed by atoms with van der Waals surface area (Å²) in [5, 5.41) is 1.20. The quantitative estimate of drug-likeness (QED) is 0.625. The van der Waals surface area contributed by atoms with Gasteiger partial charge in [0.25, 0.3) is 0 Å². The highest BCUT2D eigenvalue weighted by Crippen LogP contribution is 2.18. The number of likely N-dealkylation sites (tertiary alicyclic amines) is 1. The van der Waals surface area contributed by atoms with Crippen LogP contribution in [-0.2, 0) is 0 Å². The molecular weight excluding hydrogens is 190 g/mol. The highest BCUT2D eigenvalue weighted by Gasteiger charge is 2.15. The van der Waals surface area contributed by atoms with Gasteiger partial charge in [0.2, 0.25) is 0 Å². The van der Waals surface area contributed by atoms with E-state index in [4.69, 9.17) is 0 Å². The first-order valence-corrected chi connectivity index (χ1v) is 5.27. The Morgan fingerprint density at radius 3 is 2.40 bits per heavy atom. The Labute approximate surface area is 71.9 Å². The summed E-state index contributed by atoms with van der Waals surface area (Å²) in [7, 11) is 0. The molecule has 0 aromatic heterocycles. The van der Waals surface area contributed by atoms with Crippen molar-refractivity contribution in [3.8, 4) is 0 Å². The van der Waals surface area contributed by atoms with Crippen LogP contribution in [0.3, 0.4) is 0 Å². The Morgan fingerprint density at radius 1 is 1.40 bits per heavy atom. The van der Waals surface area contributed by atoms with Crippen LogP contribution in [0.1, 0.15) is 19.8 Å². The summed E-state index contributed by atoms with van der Waals surface area (Å²) in [5.74, 6) is 0.947. The molecule has 1 heterocycles. The van der Waals surface area contributed by atoms with Gasteiger partial charge >= 0.3 is 0 Å². The van der Waals surface area contributed by atoms with Crippen LogP contribution in [-0.4, -0.2) is 29.9 Å². The number of nitrogens with zero attached hydrogens (tertiary/aromatic N) is 1. The zero-order valence-corrected chi connectivity index (χ0v) is 8.23. The van der Waals surface area contributed by atoms with Crippen LogP contribution in [0, 0.1) is 5.92 Å². The Kier molecular flexibility index (Phi) is 3.71. The van der Waals surface area contributed by atoms with Gasteiger partial charge in [-0.05, 0) is 38.4 Å². The molecule has 0 N–H and O–H groups in total. The van der Waals surface area contributed by atoms with E-state index < -0.39 is 0 Å². The molecule has 0 saturated carbocycles. The zero-order chi connectivity index (χ0) is 7.40. The van der Waals surface area contributed by atoms with Crippen LogP contribution in [0.15, 0.2) is 0 Å². The second-order valence-electron chi connectivity index (χ2n) is 3.03. The Morgan fingerprint density at radius 2 is 2.00 bits per heavy atom. The van der Waals surface area contributed by atoms with Gasteiger partial charge in [-0.3, -0.25) is 0 Å². The molecule has 60 valence electrons. The van der Waals surface area contributed by atoms with Gasteiger partial charge in [0.15, 0.2) is 0 Å². The maximum absolute atomic E-state index is 3.53. The van der Waals surface area contributed by atoms with Gasteiger partial charge < -0.3 is 4.90 Å². The summed E-state index contributed by atoms with van der Waals surface area (Å²) in [5.41, 5.74) is 0. The minimum Gasteiger partial charge on any atom is -0.304 e. The van der Waals surface area contributed by atoms with Gasteiger partial charge in [0, 0.05) is 5.33 Å². The fraction of sp³-hybridized carbons (Fsp3) is 1.00. The molecule has 0 aromatic rings. The van der Waals surface area contributed by atoms with E-state index in [2.05, 4.69) is 27.8 Å². The maximum atomic E-state index is 3.53. The lowest BCUT2D eigenvalue weighted by molar-refractivity contribution is 0.204. The predicted molar refractivity (Wildman–Crippen MR) is 48.6 cm³/mol. The van der Waals surface area contributed by atoms with E-state index in [1.54, 1.807) is 0 Å². The zero-order valence-electron chi connectivity index (χ0n) is 6.65. The summed E-state index contributed by atoms with van der Waals surface area (Å²) >= 11 is 3.53. The molecule has 0 aliphatic carbocycles. The third kappa shape index (κ3) is 2.24. The van der Waals surface area contributed by atoms with Crippen molar-refractivity contribution in [1.82, 2.24) is 4.90 Å². The van der Waals surface area contributed by atoms with E-state index in [0.29, 0.717) is 0 Å². The third-order valence-electron chi connectivity index (χ3n) is 2.37. The molecule has 0 bridgehead atoms. The molecule has 0 spiro atoms. The minimum atomic E-state index is 0.947. The van der Waals surface area contributed by atoms with Crippen LogP contribution in [0.5, 0.6) is 0 Å². The SMILES string of the molecule is CCN1CCC(CBr)CC1. The van der Waals surface area contributed by atoms with Crippen LogP contribution in [0.2, 0.25) is 0 Å². The van der Waals surface area contributed by atoms with Gasteiger partial charge in [-0.1, -0.05) is 22.9 Å². The van der Waals surface area contributed by atoms with Crippen LogP contribution in [0.25, 0.3) is 0 Å². The molecule has 10 heavy (non-hydrogen) atoms. The Hall–Kier alpha value is 0.440. The van der Waals surface area contributed by atoms with Crippen molar-refractivity contribution in [3.05, 3.63) is 0 Å². The Bertz CT molecular complexity index is 75.3. The van der Waals surface area contributed by atoms with Crippen molar-refractivity contribution < 1.29 is 0 Å². The van der Waals surface area contributed by atoms with Crippen molar-refractivity contribution >= 4 is 15.9 Å². The van der Waals surface area contributed by atoms with Gasteiger partial charge in [0.05, 0.1) is 0 Å². The summed E-state index contributed by atoms with van der Waals surface area (Å²) in [6, 6.07) is 0. The van der Waals surface area contributed by atoms with Crippen molar-refractivity contribution in [1.29, 1.82) is 0 Å². The molecule has 1 nitrogen and oxygen atoms in total. The largest absolute Gasteiger partial charge is 0.304 e. The highest BCUT2D eigenvalue weighted by atomic mass is 79.9. The second kappa shape index (κ2) is 4.35. The maximum Gasteiger partial charge on any atom is 0.00606 e. The Balaban J connectivity index is 2.17. The summed E-state index contributed by atoms with van der Waals surface area (Å²) in [4.78, 5) is 2.53. The average molecular weight is 206 g/mol. The number of piperidine rings is 1. The third-order valence-corrected chi connectivity index (χ3v) is 3.29. The first-order chi connectivity index (χ1) is 4.86. The second-order valence-corrected chi connectivity index (χ2v) is 3.68. The highest BCUT2D eigenvalue weighted by molar-refractivity contribution is 9.09. The van der Waals surface area contributed by atoms with Crippen molar-refractivity contribution in [2.75, 3.05) is 25.0 Å². The molecule has 1 aliphatic heterocycles. The lowest BCUT2D eigenvalue weighted by atomic mass is 9.99. The van der Waals surface area contributed by atoms with Crippen LogP contribution < -0.4 is 0 Å². The molecule has 1 rings (SSSR count). The van der Waals surface area contributed by atoms with E-state index in [9.17, 15) is 0 Å². The lowest BCUT2D eigenvalue weighted by Crippen LogP contribution is -2.33. The van der Waals surface area contributed by atoms with Crippen molar-refractivity contribution in [2.24, 2.45) is 5.92 Å². The molecule has 1 fully saturated rings. The van der Waals surface area contributed by atoms with Gasteiger partial charge in [-0.15, -0.1) is 0 Å². The van der Waals surface area contributed by atoms with E-state index in [-0.39, 0.29) is 0 Å². The molecule has 2 heteroatoms. The molecule has 0 unspecified atom stereocenters. The van der Waals surface area contributed by atoms with Gasteiger partial charge in [-0.25, -0.2) is 0 Å². The van der Waals surface area contributed by atoms with E-state index in [1.165, 1.54) is 37.8 Å². The van der Waals surface area contributed by atoms with E-state index >= 15 is 0 Å². The number of hydrogen-bond acceptors (Lipinski definition) is 1. The molecule has 1 aliphatic rings. The first-order valence-electron chi connectivity index (χ1n) is 4.15. The fourth-order valence-electron chi connectivity index (χ4n) is 1.46. The summed E-state index contributed by atoms with van der Waals surface area (Å²) in [6.07, 6.45) is 2.78. The van der Waals surface area contributed by atoms with Crippen molar-refractivity contribution in [3.63, 3.8) is 0 Å². The number of halogens is 1. The molecule has 0 amide bonds. The minimum absolute atomic E-state index is 0.947. The van der Waals surface area contributed by atoms with Crippen LogP contribution >= 0.6 is 15.9 Å². The standard InChI is InChI=1S/C8H16BrN/c1-2-10-5-3-8(7-9)4-6-10/h8H,2-7H2,1H3. The topological polar surface area (TPSA) is 3.24 Å². The summed E-state index contributed by atoms with van der Waals surface area (Å²) in [6.45, 7) is 6.10. The predicted octanol–water partition coefficient (Wildman–Crippen LogP) is 2.11. The van der Waals surface area contributed by atoms with Crippen molar-refractivity contribution in [2.45, 2.75) is 19.8 Å². The molecule has 0 aromatic carbocycles. The number of hydrogen-bond donors (Lipinski definition) is 0. The normalized spacial score (nSPS) is 23.4. The van der Waals surface area contributed by atoms with Gasteiger partial charge in [0.1, 0.15) is 0 Å². The average Bonchev–Trinajstić information content (AvgIpc) is 2.05. The number of rotatable bonds is 2. The molecular formula is C8H16BrN. The first kappa shape index (κ1) is 8.54. The van der Waals surface area contributed by atoms with E-state index in [0.717, 1.165) is 5.92 Å².